The Bertz CT molecular complexity index is 1190. The first-order chi connectivity index (χ1) is 14.5. The van der Waals surface area contributed by atoms with Crippen molar-refractivity contribution in [1.29, 1.82) is 0 Å². The summed E-state index contributed by atoms with van der Waals surface area (Å²) in [7, 11) is 3.79. The summed E-state index contributed by atoms with van der Waals surface area (Å²) in [6.07, 6.45) is 8.75. The molecule has 152 valence electrons. The molecule has 1 aromatic carbocycles. The lowest BCUT2D eigenvalue weighted by atomic mass is 9.89. The summed E-state index contributed by atoms with van der Waals surface area (Å²) in [5.74, 6) is 1.38. The zero-order valence-electron chi connectivity index (χ0n) is 16.9. The van der Waals surface area contributed by atoms with E-state index in [0.29, 0.717) is 5.82 Å². The number of nitrogens with one attached hydrogen (secondary N) is 1. The van der Waals surface area contributed by atoms with Gasteiger partial charge in [0.2, 0.25) is 0 Å². The molecule has 5 rings (SSSR count). The highest BCUT2D eigenvalue weighted by molar-refractivity contribution is 5.75. The number of aliphatic hydroxyl groups is 1. The van der Waals surface area contributed by atoms with Crippen molar-refractivity contribution < 1.29 is 5.11 Å². The average molecular weight is 401 g/mol. The molecule has 0 unspecified atom stereocenters. The van der Waals surface area contributed by atoms with Gasteiger partial charge in [-0.2, -0.15) is 10.2 Å². The van der Waals surface area contributed by atoms with E-state index < -0.39 is 0 Å². The van der Waals surface area contributed by atoms with Gasteiger partial charge in [0, 0.05) is 49.9 Å². The van der Waals surface area contributed by atoms with Crippen molar-refractivity contribution in [3.8, 4) is 33.8 Å². The van der Waals surface area contributed by atoms with Crippen molar-refractivity contribution in [3.63, 3.8) is 0 Å². The Morgan fingerprint density at radius 3 is 2.57 bits per heavy atom. The van der Waals surface area contributed by atoms with Gasteiger partial charge in [-0.3, -0.25) is 9.36 Å². The summed E-state index contributed by atoms with van der Waals surface area (Å²) >= 11 is 0. The van der Waals surface area contributed by atoms with Gasteiger partial charge in [-0.15, -0.1) is 0 Å². The number of anilines is 1. The highest BCUT2D eigenvalue weighted by atomic mass is 16.3. The quantitative estimate of drug-likeness (QED) is 0.534. The van der Waals surface area contributed by atoms with E-state index in [2.05, 4.69) is 32.6 Å². The Kier molecular flexibility index (Phi) is 4.55. The number of aryl methyl sites for hydroxylation is 2. The van der Waals surface area contributed by atoms with Crippen molar-refractivity contribution in [1.82, 2.24) is 29.5 Å². The molecule has 0 aliphatic heterocycles. The number of hydrogen-bond donors (Lipinski definition) is 2. The van der Waals surface area contributed by atoms with E-state index in [1.807, 2.05) is 57.1 Å². The third-order valence-electron chi connectivity index (χ3n) is 5.39. The molecule has 1 aliphatic rings. The monoisotopic (exact) mass is 401 g/mol. The van der Waals surface area contributed by atoms with Crippen LogP contribution >= 0.6 is 0 Å². The van der Waals surface area contributed by atoms with E-state index in [4.69, 9.17) is 4.98 Å². The van der Waals surface area contributed by atoms with E-state index in [0.717, 1.165) is 46.6 Å². The molecule has 1 aliphatic carbocycles. The van der Waals surface area contributed by atoms with Crippen molar-refractivity contribution in [3.05, 3.63) is 55.1 Å². The first-order valence-corrected chi connectivity index (χ1v) is 9.96. The molecule has 3 heterocycles. The second-order valence-corrected chi connectivity index (χ2v) is 7.78. The zero-order valence-corrected chi connectivity index (χ0v) is 16.9. The number of benzene rings is 1. The van der Waals surface area contributed by atoms with Crippen LogP contribution in [0.25, 0.3) is 33.8 Å². The van der Waals surface area contributed by atoms with Gasteiger partial charge >= 0.3 is 0 Å². The highest BCUT2D eigenvalue weighted by Crippen LogP contribution is 2.32. The molecule has 0 saturated heterocycles. The van der Waals surface area contributed by atoms with Gasteiger partial charge in [0.05, 0.1) is 23.6 Å². The van der Waals surface area contributed by atoms with Gasteiger partial charge in [0.25, 0.3) is 0 Å². The fourth-order valence-electron chi connectivity index (χ4n) is 3.68. The molecule has 2 N–H and O–H groups in total. The molecule has 8 heteroatoms. The van der Waals surface area contributed by atoms with E-state index in [-0.39, 0.29) is 12.1 Å². The largest absolute Gasteiger partial charge is 0.393 e. The fourth-order valence-corrected chi connectivity index (χ4v) is 3.68. The molecule has 1 saturated carbocycles. The fraction of sp³-hybridized carbons (Fsp3) is 0.273. The molecule has 1 fully saturated rings. The number of hydrogen-bond acceptors (Lipinski definition) is 6. The van der Waals surface area contributed by atoms with Gasteiger partial charge in [-0.05, 0) is 30.5 Å². The maximum atomic E-state index is 9.66. The Morgan fingerprint density at radius 1 is 1.03 bits per heavy atom. The summed E-state index contributed by atoms with van der Waals surface area (Å²) in [6.45, 7) is 0. The Labute approximate surface area is 174 Å². The summed E-state index contributed by atoms with van der Waals surface area (Å²) in [6, 6.07) is 10.3. The molecule has 0 amide bonds. The SMILES string of the molecule is Cn1cc(-c2cccc(-c3ncc(-c4ccn(C)n4)c(NC4CC(O)C4)n3)c2)cn1. The van der Waals surface area contributed by atoms with Crippen molar-refractivity contribution >= 4 is 5.82 Å². The minimum atomic E-state index is -0.238. The molecular weight excluding hydrogens is 378 g/mol. The van der Waals surface area contributed by atoms with E-state index in [9.17, 15) is 5.11 Å². The Balaban J connectivity index is 1.53. The summed E-state index contributed by atoms with van der Waals surface area (Å²) in [5, 5.41) is 21.9. The lowest BCUT2D eigenvalue weighted by molar-refractivity contribution is 0.0835. The number of nitrogens with zero attached hydrogens (tertiary/aromatic N) is 6. The second-order valence-electron chi connectivity index (χ2n) is 7.78. The number of aromatic nitrogens is 6. The molecule has 0 bridgehead atoms. The maximum absolute atomic E-state index is 9.66. The number of aliphatic hydroxyl groups excluding tert-OH is 1. The van der Waals surface area contributed by atoms with E-state index in [1.54, 1.807) is 9.36 Å². The maximum Gasteiger partial charge on any atom is 0.161 e. The van der Waals surface area contributed by atoms with Crippen LogP contribution in [0.3, 0.4) is 0 Å². The van der Waals surface area contributed by atoms with Crippen LogP contribution in [0.4, 0.5) is 5.82 Å². The van der Waals surface area contributed by atoms with Crippen LogP contribution < -0.4 is 5.32 Å². The lowest BCUT2D eigenvalue weighted by Gasteiger charge is -2.32. The molecule has 0 atom stereocenters. The van der Waals surface area contributed by atoms with Crippen LogP contribution in [0, 0.1) is 0 Å². The Morgan fingerprint density at radius 2 is 1.87 bits per heavy atom. The standard InChI is InChI=1S/C22H23N7O/c1-28-7-6-20(27-28)19-12-23-21(26-22(19)25-17-9-18(30)10-17)15-5-3-4-14(8-15)16-11-24-29(2)13-16/h3-8,11-13,17-18,30H,9-10H2,1-2H3,(H,23,25,26). The second kappa shape index (κ2) is 7.38. The molecule has 8 nitrogen and oxygen atoms in total. The van der Waals surface area contributed by atoms with Crippen LogP contribution in [0.5, 0.6) is 0 Å². The minimum absolute atomic E-state index is 0.201. The van der Waals surface area contributed by atoms with Crippen LogP contribution in [0.15, 0.2) is 55.1 Å². The van der Waals surface area contributed by atoms with Gasteiger partial charge in [0.15, 0.2) is 5.82 Å². The topological polar surface area (TPSA) is 93.7 Å². The normalized spacial score (nSPS) is 18.2. The minimum Gasteiger partial charge on any atom is -0.393 e. The summed E-state index contributed by atoms with van der Waals surface area (Å²) in [4.78, 5) is 9.47. The summed E-state index contributed by atoms with van der Waals surface area (Å²) < 4.78 is 3.55. The van der Waals surface area contributed by atoms with E-state index in [1.165, 1.54) is 0 Å². The smallest absolute Gasteiger partial charge is 0.161 e. The molecular formula is C22H23N7O. The lowest BCUT2D eigenvalue weighted by Crippen LogP contribution is -2.39. The van der Waals surface area contributed by atoms with Gasteiger partial charge in [0.1, 0.15) is 5.82 Å². The summed E-state index contributed by atoms with van der Waals surface area (Å²) in [5.41, 5.74) is 4.71. The average Bonchev–Trinajstić information content (AvgIpc) is 3.35. The van der Waals surface area contributed by atoms with Crippen LogP contribution in [0.1, 0.15) is 12.8 Å². The van der Waals surface area contributed by atoms with Crippen LogP contribution in [-0.2, 0) is 14.1 Å². The van der Waals surface area contributed by atoms with Gasteiger partial charge in [-0.25, -0.2) is 9.97 Å². The predicted octanol–water partition coefficient (Wildman–Crippen LogP) is 2.88. The third kappa shape index (κ3) is 3.57. The first-order valence-electron chi connectivity index (χ1n) is 9.96. The van der Waals surface area contributed by atoms with E-state index >= 15 is 0 Å². The highest BCUT2D eigenvalue weighted by Gasteiger charge is 2.28. The predicted molar refractivity (Wildman–Crippen MR) is 115 cm³/mol. The molecule has 0 radical (unpaired) electrons. The van der Waals surface area contributed by atoms with Crippen molar-refractivity contribution in [2.24, 2.45) is 14.1 Å². The van der Waals surface area contributed by atoms with Gasteiger partial charge in [-0.1, -0.05) is 18.2 Å². The van der Waals surface area contributed by atoms with Gasteiger partial charge < -0.3 is 10.4 Å². The molecule has 4 aromatic rings. The van der Waals surface area contributed by atoms with Crippen LogP contribution in [0.2, 0.25) is 0 Å². The van der Waals surface area contributed by atoms with Crippen molar-refractivity contribution in [2.45, 2.75) is 25.0 Å². The Hall–Kier alpha value is -3.52. The first kappa shape index (κ1) is 18.5. The number of rotatable bonds is 5. The van der Waals surface area contributed by atoms with Crippen molar-refractivity contribution in [2.75, 3.05) is 5.32 Å². The molecule has 30 heavy (non-hydrogen) atoms. The molecule has 0 spiro atoms. The zero-order chi connectivity index (χ0) is 20.7. The third-order valence-corrected chi connectivity index (χ3v) is 5.39. The van der Waals surface area contributed by atoms with Crippen LogP contribution in [-0.4, -0.2) is 46.8 Å². The molecule has 3 aromatic heterocycles.